The second kappa shape index (κ2) is 17.2. The van der Waals surface area contributed by atoms with Crippen molar-refractivity contribution >= 4 is 5.97 Å². The molecule has 64 heavy (non-hydrogen) atoms. The molecular formula is C46H68O18. The monoisotopic (exact) mass is 908 g/mol. The molecule has 18 heteroatoms. The van der Waals surface area contributed by atoms with Crippen LogP contribution in [0.5, 0.6) is 0 Å². The number of aliphatic hydroxyl groups is 10. The minimum Gasteiger partial charge on any atom is -0.456 e. The summed E-state index contributed by atoms with van der Waals surface area (Å²) in [5, 5.41) is 108. The Hall–Kier alpha value is -1.95. The highest BCUT2D eigenvalue weighted by Gasteiger charge is 2.73. The fourth-order valence-corrected chi connectivity index (χ4v) is 14.2. The van der Waals surface area contributed by atoms with Crippen molar-refractivity contribution in [3.63, 3.8) is 0 Å². The quantitative estimate of drug-likeness (QED) is 0.114. The van der Waals surface area contributed by atoms with Crippen molar-refractivity contribution in [2.75, 3.05) is 19.8 Å². The van der Waals surface area contributed by atoms with Gasteiger partial charge in [0.2, 0.25) is 0 Å². The van der Waals surface area contributed by atoms with Gasteiger partial charge in [-0.25, -0.2) is 4.79 Å². The number of esters is 1. The molecule has 25 atom stereocenters. The van der Waals surface area contributed by atoms with Crippen molar-refractivity contribution in [2.45, 2.75) is 176 Å². The molecule has 8 fully saturated rings. The van der Waals surface area contributed by atoms with Gasteiger partial charge in [0, 0.05) is 30.1 Å². The summed E-state index contributed by atoms with van der Waals surface area (Å²) in [6.45, 7) is 7.41. The molecule has 0 radical (unpaired) electrons. The molecule has 8 aliphatic rings. The molecule has 4 aliphatic heterocycles. The lowest BCUT2D eigenvalue weighted by Gasteiger charge is -2.66. The first kappa shape index (κ1) is 47.1. The van der Waals surface area contributed by atoms with E-state index < -0.39 is 122 Å². The Morgan fingerprint density at radius 2 is 1.36 bits per heavy atom. The van der Waals surface area contributed by atoms with Gasteiger partial charge in [0.15, 0.2) is 18.4 Å². The molecule has 18 nitrogen and oxygen atoms in total. The van der Waals surface area contributed by atoms with Crippen molar-refractivity contribution in [3.8, 4) is 0 Å². The first-order valence-electron chi connectivity index (χ1n) is 23.2. The van der Waals surface area contributed by atoms with Crippen LogP contribution in [0.1, 0.15) is 83.0 Å². The normalized spacial score (nSPS) is 54.7. The van der Waals surface area contributed by atoms with E-state index in [0.29, 0.717) is 32.3 Å². The fourth-order valence-electron chi connectivity index (χ4n) is 14.2. The summed E-state index contributed by atoms with van der Waals surface area (Å²) in [7, 11) is 0. The predicted octanol–water partition coefficient (Wildman–Crippen LogP) is -0.666. The van der Waals surface area contributed by atoms with Crippen LogP contribution in [0.3, 0.4) is 0 Å². The summed E-state index contributed by atoms with van der Waals surface area (Å²) in [6.07, 6.45) is -16.2. The zero-order chi connectivity index (χ0) is 45.8. The van der Waals surface area contributed by atoms with E-state index >= 15 is 0 Å². The highest BCUT2D eigenvalue weighted by atomic mass is 16.7. The van der Waals surface area contributed by atoms with E-state index in [0.717, 1.165) is 6.42 Å². The van der Waals surface area contributed by atoms with Crippen LogP contribution in [0.15, 0.2) is 30.3 Å². The van der Waals surface area contributed by atoms with E-state index in [1.807, 2.05) is 13.8 Å². The second-order valence-electron chi connectivity index (χ2n) is 21.0. The molecule has 1 aromatic carbocycles. The van der Waals surface area contributed by atoms with Gasteiger partial charge in [-0.1, -0.05) is 45.9 Å². The molecule has 1 aromatic rings. The van der Waals surface area contributed by atoms with Crippen LogP contribution in [0, 0.1) is 46.3 Å². The summed E-state index contributed by atoms with van der Waals surface area (Å²) >= 11 is 0. The average molecular weight is 909 g/mol. The molecule has 360 valence electrons. The maximum Gasteiger partial charge on any atom is 0.338 e. The van der Waals surface area contributed by atoms with Crippen molar-refractivity contribution < 1.29 is 89.0 Å². The van der Waals surface area contributed by atoms with Crippen molar-refractivity contribution in [1.29, 1.82) is 0 Å². The zero-order valence-electron chi connectivity index (χ0n) is 36.8. The third kappa shape index (κ3) is 7.33. The van der Waals surface area contributed by atoms with E-state index in [-0.39, 0.29) is 65.4 Å². The number of carbonyl (C=O) groups is 1. The number of ether oxygens (including phenoxy) is 7. The molecule has 25 unspecified atom stereocenters. The van der Waals surface area contributed by atoms with E-state index in [4.69, 9.17) is 33.2 Å². The van der Waals surface area contributed by atoms with Gasteiger partial charge in [0.1, 0.15) is 54.9 Å². The topological polar surface area (TPSA) is 284 Å². The van der Waals surface area contributed by atoms with Gasteiger partial charge < -0.3 is 84.2 Å². The van der Waals surface area contributed by atoms with Crippen LogP contribution in [0.2, 0.25) is 0 Å². The summed E-state index contributed by atoms with van der Waals surface area (Å²) in [4.78, 5) is 13.6. The zero-order valence-corrected chi connectivity index (χ0v) is 36.8. The molecule has 0 amide bonds. The molecule has 10 N–H and O–H groups in total. The lowest BCUT2D eigenvalue weighted by Crippen LogP contribution is -2.71. The first-order valence-corrected chi connectivity index (χ1v) is 23.2. The molecule has 1 spiro atoms. The second-order valence-corrected chi connectivity index (χ2v) is 21.0. The number of hydrogen-bond donors (Lipinski definition) is 10. The van der Waals surface area contributed by atoms with Crippen LogP contribution >= 0.6 is 0 Å². The van der Waals surface area contributed by atoms with Crippen molar-refractivity contribution in [1.82, 2.24) is 0 Å². The number of hydrogen-bond acceptors (Lipinski definition) is 18. The van der Waals surface area contributed by atoms with Gasteiger partial charge in [-0.3, -0.25) is 0 Å². The Labute approximate surface area is 372 Å². The molecule has 4 saturated heterocycles. The van der Waals surface area contributed by atoms with Crippen LogP contribution in [0.25, 0.3) is 0 Å². The molecule has 0 aromatic heterocycles. The third-order valence-electron chi connectivity index (χ3n) is 17.8. The summed E-state index contributed by atoms with van der Waals surface area (Å²) in [6, 6.07) is 8.33. The predicted molar refractivity (Wildman–Crippen MR) is 218 cm³/mol. The first-order chi connectivity index (χ1) is 30.3. The van der Waals surface area contributed by atoms with Crippen LogP contribution < -0.4 is 0 Å². The minimum atomic E-state index is -1.72. The number of carbonyl (C=O) groups excluding carboxylic acids is 1. The fraction of sp³-hybridized carbons (Fsp3) is 0.848. The standard InChI is InChI=1S/C46H68O18/c1-20-19-58-46(16-27(20)60-41-38(54)36(52)34(50)30(17-47)62-41)21(2)33-26(64-46)13-25-23-12-32(49)45(57)15-29(59-40(56)22-8-6-5-7-9-22)28(14-44(45,4)24(23)10-11-43(25,33)3)61-42-39(55)37(53)35(51)31(18-48)63-42/h5-9,20-21,23-39,41-42,47-55,57H,10-19H2,1-4H3. The lowest BCUT2D eigenvalue weighted by atomic mass is 9.42. The van der Waals surface area contributed by atoms with Gasteiger partial charge >= 0.3 is 5.97 Å². The maximum atomic E-state index is 13.6. The minimum absolute atomic E-state index is 0.0535. The highest BCUT2D eigenvalue weighted by Crippen LogP contribution is 2.72. The Balaban J connectivity index is 0.954. The highest BCUT2D eigenvalue weighted by molar-refractivity contribution is 5.89. The molecular weight excluding hydrogens is 840 g/mol. The number of rotatable bonds is 8. The van der Waals surface area contributed by atoms with Crippen molar-refractivity contribution in [3.05, 3.63) is 35.9 Å². The van der Waals surface area contributed by atoms with Gasteiger partial charge in [0.25, 0.3) is 0 Å². The molecule has 9 rings (SSSR count). The van der Waals surface area contributed by atoms with Crippen LogP contribution in [-0.2, 0) is 33.2 Å². The summed E-state index contributed by atoms with van der Waals surface area (Å²) in [5.41, 5.74) is -2.72. The Morgan fingerprint density at radius 1 is 0.750 bits per heavy atom. The Morgan fingerprint density at radius 3 is 1.97 bits per heavy atom. The van der Waals surface area contributed by atoms with Crippen molar-refractivity contribution in [2.24, 2.45) is 46.3 Å². The number of aliphatic hydroxyl groups excluding tert-OH is 9. The van der Waals surface area contributed by atoms with E-state index in [1.54, 1.807) is 30.3 Å². The Bertz CT molecular complexity index is 1820. The largest absolute Gasteiger partial charge is 0.456 e. The number of fused-ring (bicyclic) bond motifs is 7. The average Bonchev–Trinajstić information content (AvgIpc) is 3.72. The van der Waals surface area contributed by atoms with Gasteiger partial charge in [-0.15, -0.1) is 0 Å². The number of benzene rings is 1. The lowest BCUT2D eigenvalue weighted by molar-refractivity contribution is -0.345. The Kier molecular flexibility index (Phi) is 12.7. The third-order valence-corrected chi connectivity index (χ3v) is 17.8. The summed E-state index contributed by atoms with van der Waals surface area (Å²) < 4.78 is 44.0. The molecule has 4 saturated carbocycles. The van der Waals surface area contributed by atoms with Crippen LogP contribution in [0.4, 0.5) is 0 Å². The van der Waals surface area contributed by atoms with Crippen LogP contribution in [-0.4, -0.2) is 180 Å². The molecule has 0 bridgehead atoms. The molecule has 4 heterocycles. The smallest absolute Gasteiger partial charge is 0.338 e. The summed E-state index contributed by atoms with van der Waals surface area (Å²) in [5.74, 6) is -1.98. The van der Waals surface area contributed by atoms with E-state index in [1.165, 1.54) is 0 Å². The maximum absolute atomic E-state index is 13.6. The molecule has 4 aliphatic carbocycles. The SMILES string of the molecule is CC1COC2(CC1OC1OC(CO)C(O)C(O)C1O)OC1CC3C4CC(O)C5(O)CC(OC(=O)c6ccccc6)C(OC6OC(CO)C(O)C(O)C6O)CC5(C)C4CCC3(C)C1C2C. The van der Waals surface area contributed by atoms with Gasteiger partial charge in [0.05, 0.1) is 55.4 Å². The van der Waals surface area contributed by atoms with E-state index in [9.17, 15) is 55.9 Å². The van der Waals surface area contributed by atoms with E-state index in [2.05, 4.69) is 13.8 Å². The van der Waals surface area contributed by atoms with Gasteiger partial charge in [-0.2, -0.15) is 0 Å². The van der Waals surface area contributed by atoms with Gasteiger partial charge in [-0.05, 0) is 73.3 Å².